The van der Waals surface area contributed by atoms with Gasteiger partial charge in [-0.1, -0.05) is 41.9 Å². The van der Waals surface area contributed by atoms with Crippen molar-refractivity contribution in [3.63, 3.8) is 0 Å². The first kappa shape index (κ1) is 17.9. The van der Waals surface area contributed by atoms with Crippen molar-refractivity contribution in [2.24, 2.45) is 11.8 Å². The first-order chi connectivity index (χ1) is 12.7. The Kier molecular flexibility index (Phi) is 5.23. The number of hydrogen-bond acceptors (Lipinski definition) is 4. The van der Waals surface area contributed by atoms with Gasteiger partial charge in [-0.3, -0.25) is 4.79 Å². The van der Waals surface area contributed by atoms with Crippen molar-refractivity contribution in [2.45, 2.75) is 50.4 Å². The fourth-order valence-corrected chi connectivity index (χ4v) is 5.36. The minimum atomic E-state index is 0.0949. The van der Waals surface area contributed by atoms with Crippen LogP contribution in [0.1, 0.15) is 32.6 Å². The lowest BCUT2D eigenvalue weighted by Gasteiger charge is -2.22. The highest BCUT2D eigenvalue weighted by molar-refractivity contribution is 7.99. The number of aromatic nitrogens is 3. The molecule has 5 nitrogen and oxygen atoms in total. The highest BCUT2D eigenvalue weighted by atomic mass is 35.5. The Morgan fingerprint density at radius 2 is 2.15 bits per heavy atom. The Morgan fingerprint density at radius 1 is 1.31 bits per heavy atom. The van der Waals surface area contributed by atoms with E-state index in [-0.39, 0.29) is 5.91 Å². The molecule has 2 aliphatic carbocycles. The van der Waals surface area contributed by atoms with E-state index in [2.05, 4.69) is 15.5 Å². The summed E-state index contributed by atoms with van der Waals surface area (Å²) in [5.74, 6) is 2.74. The van der Waals surface area contributed by atoms with Crippen LogP contribution in [0, 0.1) is 11.8 Å². The van der Waals surface area contributed by atoms with E-state index in [0.29, 0.717) is 22.7 Å². The number of thioether (sulfide) groups is 1. The van der Waals surface area contributed by atoms with E-state index in [9.17, 15) is 4.79 Å². The number of nitrogens with one attached hydrogen (secondary N) is 1. The van der Waals surface area contributed by atoms with E-state index in [4.69, 9.17) is 11.6 Å². The average Bonchev–Trinajstić information content (AvgIpc) is 3.35. The van der Waals surface area contributed by atoms with E-state index in [0.717, 1.165) is 35.4 Å². The van der Waals surface area contributed by atoms with Gasteiger partial charge in [0.1, 0.15) is 0 Å². The van der Waals surface area contributed by atoms with Gasteiger partial charge < -0.3 is 9.88 Å². The third kappa shape index (κ3) is 3.49. The summed E-state index contributed by atoms with van der Waals surface area (Å²) in [5, 5.41) is 13.2. The quantitative estimate of drug-likeness (QED) is 0.757. The van der Waals surface area contributed by atoms with Crippen LogP contribution in [-0.2, 0) is 11.3 Å². The Morgan fingerprint density at radius 3 is 2.85 bits per heavy atom. The topological polar surface area (TPSA) is 59.8 Å². The molecule has 2 fully saturated rings. The number of hydrogen-bond donors (Lipinski definition) is 1. The number of fused-ring (bicyclic) bond motifs is 2. The largest absolute Gasteiger partial charge is 0.352 e. The number of carbonyl (C=O) groups is 1. The Balaban J connectivity index is 1.41. The molecule has 2 saturated carbocycles. The van der Waals surface area contributed by atoms with Crippen LogP contribution in [0.4, 0.5) is 0 Å². The number of amides is 1. The molecule has 1 heterocycles. The summed E-state index contributed by atoms with van der Waals surface area (Å²) < 4.78 is 2.01. The molecule has 3 atom stereocenters. The summed E-state index contributed by atoms with van der Waals surface area (Å²) in [4.78, 5) is 12.4. The molecule has 7 heteroatoms. The highest BCUT2D eigenvalue weighted by Gasteiger charge is 2.40. The minimum Gasteiger partial charge on any atom is -0.352 e. The van der Waals surface area contributed by atoms with Gasteiger partial charge in [0, 0.05) is 18.2 Å². The van der Waals surface area contributed by atoms with Gasteiger partial charge in [-0.25, -0.2) is 0 Å². The van der Waals surface area contributed by atoms with Gasteiger partial charge in [0.05, 0.1) is 10.8 Å². The molecule has 26 heavy (non-hydrogen) atoms. The molecule has 0 saturated heterocycles. The first-order valence-corrected chi connectivity index (χ1v) is 10.6. The van der Waals surface area contributed by atoms with Crippen LogP contribution in [0.2, 0.25) is 5.02 Å². The van der Waals surface area contributed by atoms with Crippen molar-refractivity contribution in [3.05, 3.63) is 29.3 Å². The maximum Gasteiger partial charge on any atom is 0.230 e. The van der Waals surface area contributed by atoms with Crippen molar-refractivity contribution < 1.29 is 4.79 Å². The number of benzene rings is 1. The molecule has 138 valence electrons. The highest BCUT2D eigenvalue weighted by Crippen LogP contribution is 2.44. The number of halogens is 1. The van der Waals surface area contributed by atoms with Crippen molar-refractivity contribution in [1.82, 2.24) is 20.1 Å². The van der Waals surface area contributed by atoms with Crippen LogP contribution in [0.25, 0.3) is 11.4 Å². The molecule has 1 aromatic carbocycles. The maximum absolute atomic E-state index is 12.4. The van der Waals surface area contributed by atoms with E-state index in [1.165, 1.54) is 31.0 Å². The second-order valence-corrected chi connectivity index (χ2v) is 8.52. The van der Waals surface area contributed by atoms with Gasteiger partial charge in [-0.2, -0.15) is 0 Å². The third-order valence-corrected chi connectivity index (χ3v) is 6.86. The standard InChI is InChI=1S/C19H23ClN4OS/c1-2-24-18(14-5-3-4-6-15(14)20)22-23-19(24)26-11-17(25)21-16-10-12-7-8-13(16)9-12/h3-6,12-13,16H,2,7-11H2,1H3,(H,21,25)/t12-,13-,16+/m1/s1. The van der Waals surface area contributed by atoms with E-state index in [1.54, 1.807) is 0 Å². The molecule has 1 amide bonds. The molecule has 2 bridgehead atoms. The average molecular weight is 391 g/mol. The molecule has 2 aromatic rings. The summed E-state index contributed by atoms with van der Waals surface area (Å²) in [6.45, 7) is 2.77. The van der Waals surface area contributed by atoms with Crippen LogP contribution < -0.4 is 5.32 Å². The lowest BCUT2D eigenvalue weighted by Crippen LogP contribution is -2.39. The smallest absolute Gasteiger partial charge is 0.230 e. The van der Waals surface area contributed by atoms with Gasteiger partial charge in [0.15, 0.2) is 11.0 Å². The molecule has 0 aliphatic heterocycles. The fourth-order valence-electron chi connectivity index (χ4n) is 4.32. The predicted molar refractivity (Wildman–Crippen MR) is 104 cm³/mol. The molecule has 1 aromatic heterocycles. The summed E-state index contributed by atoms with van der Waals surface area (Å²) in [6, 6.07) is 8.00. The Labute approximate surface area is 162 Å². The van der Waals surface area contributed by atoms with Crippen molar-refractivity contribution in [2.75, 3.05) is 5.75 Å². The maximum atomic E-state index is 12.4. The fraction of sp³-hybridized carbons (Fsp3) is 0.526. The minimum absolute atomic E-state index is 0.0949. The van der Waals surface area contributed by atoms with E-state index >= 15 is 0 Å². The number of rotatable bonds is 6. The molecule has 2 aliphatic rings. The number of nitrogens with zero attached hydrogens (tertiary/aromatic N) is 3. The van der Waals surface area contributed by atoms with Crippen LogP contribution in [0.5, 0.6) is 0 Å². The van der Waals surface area contributed by atoms with Crippen LogP contribution in [0.15, 0.2) is 29.4 Å². The van der Waals surface area contributed by atoms with E-state index < -0.39 is 0 Å². The second kappa shape index (κ2) is 7.61. The molecule has 4 rings (SSSR count). The predicted octanol–water partition coefficient (Wildman–Crippen LogP) is 4.02. The van der Waals surface area contributed by atoms with Crippen molar-refractivity contribution in [3.8, 4) is 11.4 Å². The van der Waals surface area contributed by atoms with Gasteiger partial charge >= 0.3 is 0 Å². The lowest BCUT2D eigenvalue weighted by atomic mass is 9.95. The van der Waals surface area contributed by atoms with Crippen LogP contribution >= 0.6 is 23.4 Å². The van der Waals surface area contributed by atoms with Crippen molar-refractivity contribution in [1.29, 1.82) is 0 Å². The third-order valence-electron chi connectivity index (χ3n) is 5.56. The molecule has 0 spiro atoms. The summed E-state index contributed by atoms with van der Waals surface area (Å²) in [5.41, 5.74) is 0.863. The second-order valence-electron chi connectivity index (χ2n) is 7.17. The molecule has 0 radical (unpaired) electrons. The summed E-state index contributed by atoms with van der Waals surface area (Å²) in [7, 11) is 0. The molecular formula is C19H23ClN4OS. The van der Waals surface area contributed by atoms with Gasteiger partial charge in [0.25, 0.3) is 0 Å². The van der Waals surface area contributed by atoms with Gasteiger partial charge in [-0.05, 0) is 50.2 Å². The zero-order chi connectivity index (χ0) is 18.1. The zero-order valence-corrected chi connectivity index (χ0v) is 16.4. The molecule has 0 unspecified atom stereocenters. The summed E-state index contributed by atoms with van der Waals surface area (Å²) >= 11 is 7.74. The molecule has 1 N–H and O–H groups in total. The lowest BCUT2D eigenvalue weighted by molar-refractivity contribution is -0.119. The van der Waals surface area contributed by atoms with Gasteiger partial charge in [0.2, 0.25) is 5.91 Å². The normalized spacial score (nSPS) is 24.2. The van der Waals surface area contributed by atoms with Crippen LogP contribution in [0.3, 0.4) is 0 Å². The van der Waals surface area contributed by atoms with Crippen LogP contribution in [-0.4, -0.2) is 32.5 Å². The van der Waals surface area contributed by atoms with Crippen molar-refractivity contribution >= 4 is 29.3 Å². The Hall–Kier alpha value is -1.53. The zero-order valence-electron chi connectivity index (χ0n) is 14.8. The molecular weight excluding hydrogens is 368 g/mol. The summed E-state index contributed by atoms with van der Waals surface area (Å²) in [6.07, 6.45) is 5.07. The first-order valence-electron chi connectivity index (χ1n) is 9.26. The van der Waals surface area contributed by atoms with Gasteiger partial charge in [-0.15, -0.1) is 10.2 Å². The Bertz CT molecular complexity index is 809. The monoisotopic (exact) mass is 390 g/mol. The number of carbonyl (C=O) groups excluding carboxylic acids is 1. The van der Waals surface area contributed by atoms with E-state index in [1.807, 2.05) is 35.8 Å². The SMILES string of the molecule is CCn1c(SCC(=O)N[C@H]2C[C@@H]3CC[C@@H]2C3)nnc1-c1ccccc1Cl.